The van der Waals surface area contributed by atoms with Gasteiger partial charge in [-0.05, 0) is 65.4 Å². The van der Waals surface area contributed by atoms with E-state index in [9.17, 15) is 0 Å². The molecule has 3 nitrogen and oxygen atoms in total. The fraction of sp³-hybridized carbons (Fsp3) is 0.154. The Morgan fingerprint density at radius 2 is 1.94 bits per heavy atom. The fourth-order valence-corrected chi connectivity index (χ4v) is 2.31. The number of rotatable bonds is 3. The lowest BCUT2D eigenvalue weighted by Gasteiger charge is -2.16. The summed E-state index contributed by atoms with van der Waals surface area (Å²) >= 11 is 2.28. The van der Waals surface area contributed by atoms with Crippen LogP contribution in [0.15, 0.2) is 42.7 Å². The summed E-state index contributed by atoms with van der Waals surface area (Å²) in [6, 6.07) is 10.2. The van der Waals surface area contributed by atoms with Crippen molar-refractivity contribution in [3.8, 4) is 0 Å². The second kappa shape index (κ2) is 5.35. The van der Waals surface area contributed by atoms with Crippen molar-refractivity contribution < 1.29 is 0 Å². The zero-order valence-corrected chi connectivity index (χ0v) is 11.7. The van der Waals surface area contributed by atoms with E-state index >= 15 is 0 Å². The number of benzene rings is 1. The molecule has 0 aliphatic heterocycles. The van der Waals surface area contributed by atoms with E-state index in [1.54, 1.807) is 0 Å². The highest BCUT2D eigenvalue weighted by Gasteiger charge is 2.07. The smallest absolute Gasteiger partial charge is 0.0487 e. The molecule has 1 unspecified atom stereocenters. The lowest BCUT2D eigenvalue weighted by Crippen LogP contribution is -2.07. The molecule has 0 saturated heterocycles. The second-order valence-electron chi connectivity index (χ2n) is 3.89. The van der Waals surface area contributed by atoms with Crippen LogP contribution >= 0.6 is 22.6 Å². The van der Waals surface area contributed by atoms with Crippen molar-refractivity contribution in [1.82, 2.24) is 4.98 Å². The molecule has 17 heavy (non-hydrogen) atoms. The average Bonchev–Trinajstić information content (AvgIpc) is 2.34. The van der Waals surface area contributed by atoms with Gasteiger partial charge in [0.1, 0.15) is 0 Å². The third-order valence-corrected chi connectivity index (χ3v) is 3.46. The first kappa shape index (κ1) is 12.2. The van der Waals surface area contributed by atoms with Crippen molar-refractivity contribution in [3.63, 3.8) is 0 Å². The van der Waals surface area contributed by atoms with E-state index < -0.39 is 0 Å². The average molecular weight is 339 g/mol. The van der Waals surface area contributed by atoms with E-state index in [2.05, 4.69) is 39.8 Å². The molecule has 1 heterocycles. The molecule has 0 saturated carbocycles. The number of nitrogens with zero attached hydrogens (tertiary/aromatic N) is 1. The zero-order chi connectivity index (χ0) is 12.3. The van der Waals surface area contributed by atoms with Crippen molar-refractivity contribution in [1.29, 1.82) is 0 Å². The summed E-state index contributed by atoms with van der Waals surface area (Å²) in [6.07, 6.45) is 3.61. The number of hydrogen-bond donors (Lipinski definition) is 2. The predicted octanol–water partition coefficient (Wildman–Crippen LogP) is 3.44. The first-order chi connectivity index (χ1) is 8.16. The van der Waals surface area contributed by atoms with Crippen LogP contribution in [0, 0.1) is 3.57 Å². The Bertz CT molecular complexity index is 499. The van der Waals surface area contributed by atoms with Gasteiger partial charge in [-0.3, -0.25) is 4.98 Å². The SMILES string of the molecule is CC(Nc1ccc(N)cc1I)c1ccncc1. The maximum Gasteiger partial charge on any atom is 0.0487 e. The summed E-state index contributed by atoms with van der Waals surface area (Å²) in [6.45, 7) is 2.13. The third kappa shape index (κ3) is 3.09. The number of halogens is 1. The van der Waals surface area contributed by atoms with Crippen LogP contribution < -0.4 is 11.1 Å². The highest BCUT2D eigenvalue weighted by Crippen LogP contribution is 2.25. The minimum absolute atomic E-state index is 0.246. The topological polar surface area (TPSA) is 50.9 Å². The van der Waals surface area contributed by atoms with Crippen LogP contribution in [-0.4, -0.2) is 4.98 Å². The maximum absolute atomic E-state index is 5.73. The highest BCUT2D eigenvalue weighted by atomic mass is 127. The van der Waals surface area contributed by atoms with Crippen LogP contribution in [0.1, 0.15) is 18.5 Å². The molecule has 0 spiro atoms. The molecular weight excluding hydrogens is 325 g/mol. The molecule has 3 N–H and O–H groups in total. The summed E-state index contributed by atoms with van der Waals surface area (Å²) < 4.78 is 1.13. The quantitative estimate of drug-likeness (QED) is 0.665. The number of pyridine rings is 1. The predicted molar refractivity (Wildman–Crippen MR) is 79.8 cm³/mol. The minimum atomic E-state index is 0.246. The van der Waals surface area contributed by atoms with Gasteiger partial charge in [0.05, 0.1) is 0 Å². The molecule has 1 aromatic carbocycles. The normalized spacial score (nSPS) is 12.1. The summed E-state index contributed by atoms with van der Waals surface area (Å²) in [4.78, 5) is 4.02. The number of nitrogen functional groups attached to an aromatic ring is 1. The van der Waals surface area contributed by atoms with Gasteiger partial charge in [-0.15, -0.1) is 0 Å². The number of nitrogens with one attached hydrogen (secondary N) is 1. The second-order valence-corrected chi connectivity index (χ2v) is 5.05. The molecule has 1 atom stereocenters. The molecular formula is C13H14IN3. The van der Waals surface area contributed by atoms with Gasteiger partial charge in [-0.25, -0.2) is 0 Å². The Morgan fingerprint density at radius 3 is 2.59 bits per heavy atom. The van der Waals surface area contributed by atoms with Crippen molar-refractivity contribution in [3.05, 3.63) is 51.9 Å². The first-order valence-electron chi connectivity index (χ1n) is 5.38. The maximum atomic E-state index is 5.73. The molecule has 88 valence electrons. The lowest BCUT2D eigenvalue weighted by molar-refractivity contribution is 0.879. The molecule has 1 aromatic heterocycles. The standard InChI is InChI=1S/C13H14IN3/c1-9(10-4-6-16-7-5-10)17-13-3-2-11(15)8-12(13)14/h2-9,17H,15H2,1H3. The number of hydrogen-bond acceptors (Lipinski definition) is 3. The van der Waals surface area contributed by atoms with E-state index in [1.807, 2.05) is 42.7 Å². The Morgan fingerprint density at radius 1 is 1.24 bits per heavy atom. The van der Waals surface area contributed by atoms with Crippen LogP contribution in [0.25, 0.3) is 0 Å². The minimum Gasteiger partial charge on any atom is -0.399 e. The number of anilines is 2. The molecule has 0 amide bonds. The fourth-order valence-electron chi connectivity index (χ4n) is 1.62. The van der Waals surface area contributed by atoms with Crippen LogP contribution in [0.5, 0.6) is 0 Å². The van der Waals surface area contributed by atoms with Crippen LogP contribution in [0.3, 0.4) is 0 Å². The molecule has 0 bridgehead atoms. The molecule has 4 heteroatoms. The monoisotopic (exact) mass is 339 g/mol. The van der Waals surface area contributed by atoms with E-state index in [0.29, 0.717) is 0 Å². The molecule has 0 aliphatic carbocycles. The van der Waals surface area contributed by atoms with Gasteiger partial charge in [-0.2, -0.15) is 0 Å². The van der Waals surface area contributed by atoms with Crippen molar-refractivity contribution in [2.75, 3.05) is 11.1 Å². The van der Waals surface area contributed by atoms with Gasteiger partial charge in [0, 0.05) is 33.4 Å². The first-order valence-corrected chi connectivity index (χ1v) is 6.46. The highest BCUT2D eigenvalue weighted by molar-refractivity contribution is 14.1. The summed E-state index contributed by atoms with van der Waals surface area (Å²) in [5, 5.41) is 3.46. The van der Waals surface area contributed by atoms with Crippen LogP contribution in [-0.2, 0) is 0 Å². The van der Waals surface area contributed by atoms with Gasteiger partial charge in [0.25, 0.3) is 0 Å². The van der Waals surface area contributed by atoms with Gasteiger partial charge in [-0.1, -0.05) is 0 Å². The Balaban J connectivity index is 2.16. The van der Waals surface area contributed by atoms with E-state index in [0.717, 1.165) is 14.9 Å². The van der Waals surface area contributed by atoms with E-state index in [1.165, 1.54) is 5.56 Å². The molecule has 0 radical (unpaired) electrons. The summed E-state index contributed by atoms with van der Waals surface area (Å²) in [5.74, 6) is 0. The zero-order valence-electron chi connectivity index (χ0n) is 9.52. The molecule has 2 aromatic rings. The van der Waals surface area contributed by atoms with Gasteiger partial charge < -0.3 is 11.1 Å². The third-order valence-electron chi connectivity index (χ3n) is 2.57. The lowest BCUT2D eigenvalue weighted by atomic mass is 10.1. The van der Waals surface area contributed by atoms with Gasteiger partial charge >= 0.3 is 0 Å². The summed E-state index contributed by atoms with van der Waals surface area (Å²) in [7, 11) is 0. The molecule has 0 aliphatic rings. The van der Waals surface area contributed by atoms with E-state index in [4.69, 9.17) is 5.73 Å². The van der Waals surface area contributed by atoms with E-state index in [-0.39, 0.29) is 6.04 Å². The van der Waals surface area contributed by atoms with Crippen molar-refractivity contribution in [2.45, 2.75) is 13.0 Å². The van der Waals surface area contributed by atoms with Crippen LogP contribution in [0.2, 0.25) is 0 Å². The number of nitrogens with two attached hydrogens (primary N) is 1. The Hall–Kier alpha value is -1.30. The van der Waals surface area contributed by atoms with Crippen LogP contribution in [0.4, 0.5) is 11.4 Å². The summed E-state index contributed by atoms with van der Waals surface area (Å²) in [5.41, 5.74) is 8.83. The van der Waals surface area contributed by atoms with Crippen molar-refractivity contribution in [2.24, 2.45) is 0 Å². The van der Waals surface area contributed by atoms with Gasteiger partial charge in [0.2, 0.25) is 0 Å². The molecule has 0 fully saturated rings. The Labute approximate surface area is 115 Å². The Kier molecular flexibility index (Phi) is 3.83. The van der Waals surface area contributed by atoms with Crippen molar-refractivity contribution >= 4 is 34.0 Å². The van der Waals surface area contributed by atoms with Gasteiger partial charge in [0.15, 0.2) is 0 Å². The number of aromatic nitrogens is 1. The molecule has 2 rings (SSSR count). The largest absolute Gasteiger partial charge is 0.399 e.